The van der Waals surface area contributed by atoms with Crippen LogP contribution in [0.4, 0.5) is 4.79 Å². The molecule has 1 unspecified atom stereocenters. The van der Waals surface area contributed by atoms with E-state index < -0.39 is 76.8 Å². The lowest BCUT2D eigenvalue weighted by atomic mass is 9.92. The summed E-state index contributed by atoms with van der Waals surface area (Å²) in [6.45, 7) is 18.6. The van der Waals surface area contributed by atoms with Gasteiger partial charge < -0.3 is 23.7 Å². The largest absolute Gasteiger partial charge is 0.462 e. The van der Waals surface area contributed by atoms with Gasteiger partial charge in [-0.3, -0.25) is 19.2 Å². The lowest BCUT2D eigenvalue weighted by Crippen LogP contribution is -2.65. The Morgan fingerprint density at radius 2 is 1.37 bits per heavy atom. The fourth-order valence-electron chi connectivity index (χ4n) is 4.24. The van der Waals surface area contributed by atoms with Crippen LogP contribution in [0.15, 0.2) is 0 Å². The fraction of sp³-hybridized carbons (Fsp3) is 0.833. The van der Waals surface area contributed by atoms with Crippen LogP contribution in [0.1, 0.15) is 102 Å². The standard InChI is InChI=1S/C30H49NO10/c1-12-13-14-17(2)15-19(32)31-20-22(40-26(35)30(9,10)11)21(39-25(34)29(6,7)8)18(38-23(20)41-27(31)36)16-37-24(33)28(3,4)5/h17-18,20-23H,12-16H2,1-11H3/t17?,18-,20-,21-,22-,23-/m1/s1. The molecule has 0 aliphatic carbocycles. The molecule has 0 N–H and O–H groups in total. The molecule has 11 heteroatoms. The SMILES string of the molecule is CCCCC(C)CC(=O)N1C(=O)O[C@H]2O[C@H](COC(=O)C(C)(C)C)[C@@H](OC(=O)C(C)(C)C)[C@H](OC(=O)C(C)(C)C)[C@H]21. The number of carbonyl (C=O) groups excluding carboxylic acids is 5. The monoisotopic (exact) mass is 583 g/mol. The van der Waals surface area contributed by atoms with Crippen LogP contribution in [-0.2, 0) is 42.9 Å². The Labute approximate surface area is 243 Å². The molecule has 2 fully saturated rings. The van der Waals surface area contributed by atoms with Crippen molar-refractivity contribution < 1.29 is 47.7 Å². The molecule has 11 nitrogen and oxygen atoms in total. The van der Waals surface area contributed by atoms with Gasteiger partial charge in [-0.05, 0) is 68.2 Å². The maximum atomic E-state index is 13.5. The van der Waals surface area contributed by atoms with Crippen LogP contribution < -0.4 is 0 Å². The van der Waals surface area contributed by atoms with Crippen molar-refractivity contribution in [2.45, 2.75) is 132 Å². The summed E-state index contributed by atoms with van der Waals surface area (Å²) in [7, 11) is 0. The summed E-state index contributed by atoms with van der Waals surface area (Å²) < 4.78 is 28.8. The zero-order valence-corrected chi connectivity index (χ0v) is 26.5. The van der Waals surface area contributed by atoms with Crippen molar-refractivity contribution in [2.75, 3.05) is 6.61 Å². The van der Waals surface area contributed by atoms with Crippen LogP contribution in [0.3, 0.4) is 0 Å². The van der Waals surface area contributed by atoms with Gasteiger partial charge in [-0.2, -0.15) is 0 Å². The molecule has 41 heavy (non-hydrogen) atoms. The van der Waals surface area contributed by atoms with Crippen LogP contribution in [0.5, 0.6) is 0 Å². The second-order valence-corrected chi connectivity index (χ2v) is 14.2. The first kappa shape index (κ1) is 34.5. The topological polar surface area (TPSA) is 135 Å². The second kappa shape index (κ2) is 13.1. The zero-order chi connectivity index (χ0) is 31.5. The highest BCUT2D eigenvalue weighted by Gasteiger charge is 2.61. The molecule has 6 atom stereocenters. The van der Waals surface area contributed by atoms with Gasteiger partial charge in [0.05, 0.1) is 16.2 Å². The maximum absolute atomic E-state index is 13.5. The van der Waals surface area contributed by atoms with Crippen LogP contribution >= 0.6 is 0 Å². The van der Waals surface area contributed by atoms with E-state index in [1.165, 1.54) is 0 Å². The van der Waals surface area contributed by atoms with Gasteiger partial charge in [0.25, 0.3) is 0 Å². The number of rotatable bonds is 9. The molecule has 0 saturated carbocycles. The first-order valence-corrected chi connectivity index (χ1v) is 14.5. The van der Waals surface area contributed by atoms with E-state index in [4.69, 9.17) is 23.7 Å². The Morgan fingerprint density at radius 1 is 0.854 bits per heavy atom. The van der Waals surface area contributed by atoms with Gasteiger partial charge in [-0.25, -0.2) is 9.69 Å². The smallest absolute Gasteiger partial charge is 0.419 e. The predicted octanol–water partition coefficient (Wildman–Crippen LogP) is 4.78. The highest BCUT2D eigenvalue weighted by atomic mass is 16.7. The molecular weight excluding hydrogens is 534 g/mol. The molecule has 0 aromatic heterocycles. The summed E-state index contributed by atoms with van der Waals surface area (Å²) in [5.74, 6) is -2.33. The number of nitrogens with zero attached hydrogens (tertiary/aromatic N) is 1. The molecular formula is C30H49NO10. The quantitative estimate of drug-likeness (QED) is 0.276. The van der Waals surface area contributed by atoms with Gasteiger partial charge >= 0.3 is 24.0 Å². The molecule has 2 saturated heterocycles. The third kappa shape index (κ3) is 8.90. The normalized spacial score (nSPS) is 25.6. The van der Waals surface area contributed by atoms with Crippen molar-refractivity contribution in [3.8, 4) is 0 Å². The number of fused-ring (bicyclic) bond motifs is 1. The average Bonchev–Trinajstić information content (AvgIpc) is 3.16. The number of imide groups is 1. The summed E-state index contributed by atoms with van der Waals surface area (Å²) in [4.78, 5) is 66.3. The number of hydrogen-bond donors (Lipinski definition) is 0. The van der Waals surface area contributed by atoms with Gasteiger partial charge in [0.15, 0.2) is 12.2 Å². The third-order valence-electron chi connectivity index (χ3n) is 6.87. The fourth-order valence-corrected chi connectivity index (χ4v) is 4.24. The van der Waals surface area contributed by atoms with E-state index in [0.717, 1.165) is 24.2 Å². The number of unbranched alkanes of at least 4 members (excludes halogenated alkanes) is 1. The first-order chi connectivity index (χ1) is 18.7. The highest BCUT2D eigenvalue weighted by molar-refractivity contribution is 5.94. The summed E-state index contributed by atoms with van der Waals surface area (Å²) in [5.41, 5.74) is -2.74. The van der Waals surface area contributed by atoms with Gasteiger partial charge in [0.2, 0.25) is 12.2 Å². The molecule has 0 spiro atoms. The van der Waals surface area contributed by atoms with Gasteiger partial charge in [0.1, 0.15) is 18.8 Å². The van der Waals surface area contributed by atoms with Crippen molar-refractivity contribution in [3.05, 3.63) is 0 Å². The summed E-state index contributed by atoms with van der Waals surface area (Å²) in [5, 5.41) is 0. The van der Waals surface area contributed by atoms with E-state index >= 15 is 0 Å². The van der Waals surface area contributed by atoms with Crippen LogP contribution in [0.25, 0.3) is 0 Å². The lowest BCUT2D eigenvalue weighted by Gasteiger charge is -2.44. The summed E-state index contributed by atoms with van der Waals surface area (Å²) in [6.07, 6.45) is -3.33. The predicted molar refractivity (Wildman–Crippen MR) is 148 cm³/mol. The molecule has 234 valence electrons. The molecule has 0 aromatic rings. The molecule has 2 heterocycles. The van der Waals surface area contributed by atoms with Gasteiger partial charge in [0, 0.05) is 6.42 Å². The Morgan fingerprint density at radius 3 is 1.85 bits per heavy atom. The minimum Gasteiger partial charge on any atom is -0.462 e. The van der Waals surface area contributed by atoms with Crippen molar-refractivity contribution in [1.82, 2.24) is 4.90 Å². The van der Waals surface area contributed by atoms with Crippen LogP contribution in [-0.4, -0.2) is 72.1 Å². The number of hydrogen-bond acceptors (Lipinski definition) is 10. The van der Waals surface area contributed by atoms with Crippen molar-refractivity contribution in [1.29, 1.82) is 0 Å². The number of esters is 3. The van der Waals surface area contributed by atoms with Gasteiger partial charge in [-0.15, -0.1) is 0 Å². The molecule has 0 radical (unpaired) electrons. The average molecular weight is 584 g/mol. The minimum atomic E-state index is -1.34. The summed E-state index contributed by atoms with van der Waals surface area (Å²) in [6, 6.07) is -1.22. The molecule has 2 aliphatic rings. The Hall–Kier alpha value is -2.69. The molecule has 2 aliphatic heterocycles. The number of carbonyl (C=O) groups is 5. The number of amides is 2. The van der Waals surface area contributed by atoms with Crippen LogP contribution in [0, 0.1) is 22.2 Å². The van der Waals surface area contributed by atoms with E-state index in [9.17, 15) is 24.0 Å². The van der Waals surface area contributed by atoms with Crippen molar-refractivity contribution in [3.63, 3.8) is 0 Å². The highest BCUT2D eigenvalue weighted by Crippen LogP contribution is 2.38. The Bertz CT molecular complexity index is 987. The first-order valence-electron chi connectivity index (χ1n) is 14.5. The molecule has 2 amide bonds. The van der Waals surface area contributed by atoms with E-state index in [0.29, 0.717) is 0 Å². The Balaban J connectivity index is 2.54. The van der Waals surface area contributed by atoms with E-state index in [1.807, 2.05) is 6.92 Å². The van der Waals surface area contributed by atoms with Crippen LogP contribution in [0.2, 0.25) is 0 Å². The molecule has 0 aromatic carbocycles. The van der Waals surface area contributed by atoms with E-state index in [2.05, 4.69) is 6.92 Å². The van der Waals surface area contributed by atoms with Crippen molar-refractivity contribution in [2.24, 2.45) is 22.2 Å². The zero-order valence-electron chi connectivity index (χ0n) is 26.5. The van der Waals surface area contributed by atoms with E-state index in [1.54, 1.807) is 62.3 Å². The molecule has 2 rings (SSSR count). The van der Waals surface area contributed by atoms with Crippen molar-refractivity contribution >= 4 is 29.9 Å². The summed E-state index contributed by atoms with van der Waals surface area (Å²) >= 11 is 0. The third-order valence-corrected chi connectivity index (χ3v) is 6.87. The maximum Gasteiger partial charge on any atom is 0.419 e. The second-order valence-electron chi connectivity index (χ2n) is 14.2. The lowest BCUT2D eigenvalue weighted by molar-refractivity contribution is -0.259. The van der Waals surface area contributed by atoms with Gasteiger partial charge in [-0.1, -0.05) is 33.1 Å². The molecule has 0 bridgehead atoms. The number of ether oxygens (including phenoxy) is 5. The van der Waals surface area contributed by atoms with E-state index in [-0.39, 0.29) is 18.9 Å². The Kier molecular flexibility index (Phi) is 11.0. The minimum absolute atomic E-state index is 0.00606.